The average molecular weight is 499 g/mol. The van der Waals surface area contributed by atoms with Crippen molar-refractivity contribution < 1.29 is 29.3 Å². The Bertz CT molecular complexity index is 898. The number of para-hydroxylation sites is 1. The highest BCUT2D eigenvalue weighted by atomic mass is 16.5. The third-order valence-corrected chi connectivity index (χ3v) is 5.46. The van der Waals surface area contributed by atoms with Gasteiger partial charge in [0.05, 0.1) is 25.9 Å². The molecule has 0 bridgehead atoms. The van der Waals surface area contributed by atoms with Crippen LogP contribution >= 0.6 is 0 Å². The SMILES string of the molecule is CC(C)COCC(CN(Cc1ccccc1)c1ccccc1)N1CCOCC1.O=C(O)/C=C/C(=O)O. The maximum absolute atomic E-state index is 9.55. The van der Waals surface area contributed by atoms with Gasteiger partial charge in [-0.2, -0.15) is 0 Å². The summed E-state index contributed by atoms with van der Waals surface area (Å²) in [6, 6.07) is 21.8. The lowest BCUT2D eigenvalue weighted by Crippen LogP contribution is -2.51. The molecule has 2 N–H and O–H groups in total. The lowest BCUT2D eigenvalue weighted by molar-refractivity contribution is -0.134. The maximum atomic E-state index is 9.55. The van der Waals surface area contributed by atoms with Gasteiger partial charge in [0.25, 0.3) is 0 Å². The Morgan fingerprint density at radius 2 is 1.50 bits per heavy atom. The van der Waals surface area contributed by atoms with Gasteiger partial charge in [0.2, 0.25) is 0 Å². The minimum Gasteiger partial charge on any atom is -0.478 e. The van der Waals surface area contributed by atoms with Gasteiger partial charge in [-0.25, -0.2) is 9.59 Å². The highest BCUT2D eigenvalue weighted by Crippen LogP contribution is 2.19. The fraction of sp³-hybridized carbons (Fsp3) is 0.429. The molecule has 8 heteroatoms. The smallest absolute Gasteiger partial charge is 0.328 e. The molecule has 0 aliphatic carbocycles. The molecule has 0 radical (unpaired) electrons. The highest BCUT2D eigenvalue weighted by molar-refractivity contribution is 5.89. The van der Waals surface area contributed by atoms with Crippen LogP contribution in [-0.2, 0) is 25.6 Å². The first kappa shape index (κ1) is 29.0. The van der Waals surface area contributed by atoms with Gasteiger partial charge in [-0.05, 0) is 23.6 Å². The summed E-state index contributed by atoms with van der Waals surface area (Å²) >= 11 is 0. The van der Waals surface area contributed by atoms with E-state index in [4.69, 9.17) is 19.7 Å². The van der Waals surface area contributed by atoms with E-state index in [1.165, 1.54) is 11.3 Å². The van der Waals surface area contributed by atoms with Gasteiger partial charge in [0, 0.05) is 50.6 Å². The minimum atomic E-state index is -1.26. The molecule has 36 heavy (non-hydrogen) atoms. The zero-order valence-electron chi connectivity index (χ0n) is 21.2. The lowest BCUT2D eigenvalue weighted by atomic mass is 10.1. The Balaban J connectivity index is 0.000000493. The van der Waals surface area contributed by atoms with Crippen molar-refractivity contribution >= 4 is 17.6 Å². The van der Waals surface area contributed by atoms with Crippen molar-refractivity contribution in [3.63, 3.8) is 0 Å². The van der Waals surface area contributed by atoms with Crippen LogP contribution in [0.4, 0.5) is 5.69 Å². The van der Waals surface area contributed by atoms with Crippen molar-refractivity contribution in [3.8, 4) is 0 Å². The summed E-state index contributed by atoms with van der Waals surface area (Å²) in [6.45, 7) is 11.4. The molecular weight excluding hydrogens is 460 g/mol. The summed E-state index contributed by atoms with van der Waals surface area (Å²) in [7, 11) is 0. The quantitative estimate of drug-likeness (QED) is 0.427. The van der Waals surface area contributed by atoms with E-state index in [1.807, 2.05) is 0 Å². The molecule has 2 aromatic rings. The fourth-order valence-electron chi connectivity index (χ4n) is 3.76. The predicted octanol–water partition coefficient (Wildman–Crippen LogP) is 3.78. The van der Waals surface area contributed by atoms with Crippen LogP contribution in [0.2, 0.25) is 0 Å². The number of carboxylic acids is 2. The van der Waals surface area contributed by atoms with Crippen molar-refractivity contribution in [2.45, 2.75) is 26.4 Å². The standard InChI is InChI=1S/C24H34N2O2.C4H4O4/c1-21(2)19-28-20-24(25-13-15-27-16-14-25)18-26(23-11-7-4-8-12-23)17-22-9-5-3-6-10-22;5-3(6)1-2-4(7)8/h3-12,21,24H,13-20H2,1-2H3;1-2H,(H,5,6)(H,7,8)/b;2-1+. The largest absolute Gasteiger partial charge is 0.478 e. The molecule has 1 atom stereocenters. The maximum Gasteiger partial charge on any atom is 0.328 e. The third kappa shape index (κ3) is 12.0. The van der Waals surface area contributed by atoms with Crippen molar-refractivity contribution in [1.82, 2.24) is 4.90 Å². The Hall–Kier alpha value is -3.20. The first-order chi connectivity index (χ1) is 17.3. The molecule has 0 spiro atoms. The van der Waals surface area contributed by atoms with Crippen LogP contribution in [-0.4, -0.2) is 79.2 Å². The van der Waals surface area contributed by atoms with Crippen LogP contribution in [0.5, 0.6) is 0 Å². The van der Waals surface area contributed by atoms with E-state index in [2.05, 4.69) is 84.3 Å². The van der Waals surface area contributed by atoms with Crippen LogP contribution in [0.15, 0.2) is 72.8 Å². The van der Waals surface area contributed by atoms with Crippen molar-refractivity contribution in [1.29, 1.82) is 0 Å². The van der Waals surface area contributed by atoms with Gasteiger partial charge >= 0.3 is 11.9 Å². The molecule has 196 valence electrons. The highest BCUT2D eigenvalue weighted by Gasteiger charge is 2.24. The first-order valence-electron chi connectivity index (χ1n) is 12.2. The number of anilines is 1. The van der Waals surface area contributed by atoms with Gasteiger partial charge in [-0.3, -0.25) is 4.90 Å². The Morgan fingerprint density at radius 1 is 0.944 bits per heavy atom. The predicted molar refractivity (Wildman–Crippen MR) is 140 cm³/mol. The number of rotatable bonds is 12. The Morgan fingerprint density at radius 3 is 2.03 bits per heavy atom. The summed E-state index contributed by atoms with van der Waals surface area (Å²) in [6.07, 6.45) is 1.12. The Labute approximate surface area is 213 Å². The molecule has 2 aromatic carbocycles. The van der Waals surface area contributed by atoms with Gasteiger partial charge in [0.1, 0.15) is 0 Å². The topological polar surface area (TPSA) is 99.5 Å². The second-order valence-corrected chi connectivity index (χ2v) is 8.94. The number of carbonyl (C=O) groups is 2. The summed E-state index contributed by atoms with van der Waals surface area (Å²) in [5, 5.41) is 15.6. The van der Waals surface area contributed by atoms with Crippen LogP contribution in [0, 0.1) is 5.92 Å². The first-order valence-corrected chi connectivity index (χ1v) is 12.2. The molecule has 0 aromatic heterocycles. The second-order valence-electron chi connectivity index (χ2n) is 8.94. The third-order valence-electron chi connectivity index (χ3n) is 5.46. The molecular formula is C28H38N2O6. The molecule has 0 amide bonds. The number of carboxylic acid groups (broad SMARTS) is 2. The van der Waals surface area contributed by atoms with Gasteiger partial charge in [-0.15, -0.1) is 0 Å². The molecule has 0 saturated carbocycles. The van der Waals surface area contributed by atoms with Gasteiger partial charge in [-0.1, -0.05) is 62.4 Å². The lowest BCUT2D eigenvalue weighted by Gasteiger charge is -2.38. The summed E-state index contributed by atoms with van der Waals surface area (Å²) < 4.78 is 11.7. The van der Waals surface area contributed by atoms with E-state index < -0.39 is 11.9 Å². The van der Waals surface area contributed by atoms with E-state index in [0.717, 1.165) is 52.6 Å². The van der Waals surface area contributed by atoms with Gasteiger partial charge < -0.3 is 24.6 Å². The van der Waals surface area contributed by atoms with E-state index in [9.17, 15) is 9.59 Å². The number of benzene rings is 2. The molecule has 1 unspecified atom stereocenters. The number of hydrogen-bond acceptors (Lipinski definition) is 6. The number of ether oxygens (including phenoxy) is 2. The average Bonchev–Trinajstić information content (AvgIpc) is 2.88. The zero-order valence-corrected chi connectivity index (χ0v) is 21.2. The van der Waals surface area contributed by atoms with E-state index in [-0.39, 0.29) is 0 Å². The minimum absolute atomic E-state index is 0.353. The molecule has 1 aliphatic heterocycles. The van der Waals surface area contributed by atoms with E-state index in [1.54, 1.807) is 0 Å². The number of morpholine rings is 1. The summed E-state index contributed by atoms with van der Waals surface area (Å²) in [5.74, 6) is -1.96. The van der Waals surface area contributed by atoms with Crippen LogP contribution in [0.3, 0.4) is 0 Å². The molecule has 1 saturated heterocycles. The monoisotopic (exact) mass is 498 g/mol. The molecule has 3 rings (SSSR count). The van der Waals surface area contributed by atoms with E-state index in [0.29, 0.717) is 24.1 Å². The van der Waals surface area contributed by atoms with E-state index >= 15 is 0 Å². The number of nitrogens with zero attached hydrogens (tertiary/aromatic N) is 2. The van der Waals surface area contributed by atoms with Crippen LogP contribution < -0.4 is 4.90 Å². The molecule has 8 nitrogen and oxygen atoms in total. The van der Waals surface area contributed by atoms with Crippen LogP contribution in [0.1, 0.15) is 19.4 Å². The normalized spacial score (nSPS) is 14.8. The molecule has 1 fully saturated rings. The zero-order chi connectivity index (χ0) is 26.2. The summed E-state index contributed by atoms with van der Waals surface area (Å²) in [4.78, 5) is 24.1. The molecule has 1 aliphatic rings. The summed E-state index contributed by atoms with van der Waals surface area (Å²) in [5.41, 5.74) is 2.59. The number of aliphatic carboxylic acids is 2. The van der Waals surface area contributed by atoms with Gasteiger partial charge in [0.15, 0.2) is 0 Å². The molecule has 1 heterocycles. The Kier molecular flexibility index (Phi) is 13.3. The van der Waals surface area contributed by atoms with Crippen molar-refractivity contribution in [3.05, 3.63) is 78.4 Å². The fourth-order valence-corrected chi connectivity index (χ4v) is 3.76. The van der Waals surface area contributed by atoms with Crippen LogP contribution in [0.25, 0.3) is 0 Å². The number of hydrogen-bond donors (Lipinski definition) is 2. The van der Waals surface area contributed by atoms with Crippen molar-refractivity contribution in [2.75, 3.05) is 51.0 Å². The van der Waals surface area contributed by atoms with Crippen molar-refractivity contribution in [2.24, 2.45) is 5.92 Å². The second kappa shape index (κ2) is 16.5.